The Morgan fingerprint density at radius 1 is 0.800 bits per heavy atom. The Hall–Kier alpha value is -3.95. The Labute approximate surface area is 195 Å². The first-order valence-corrected chi connectivity index (χ1v) is 10.2. The highest BCUT2D eigenvalue weighted by Gasteiger charge is 2.37. The topological polar surface area (TPSA) is 51.5 Å². The molecule has 0 aliphatic rings. The summed E-state index contributed by atoms with van der Waals surface area (Å²) in [5, 5.41) is 10.3. The number of carbonyl (C=O) groups is 1. The first-order chi connectivity index (χ1) is 16.4. The van der Waals surface area contributed by atoms with E-state index >= 15 is 0 Å². The number of para-hydroxylation sites is 1. The van der Waals surface area contributed by atoms with Crippen LogP contribution in [0.1, 0.15) is 32.7 Å². The van der Waals surface area contributed by atoms with Gasteiger partial charge in [0.05, 0.1) is 11.1 Å². The summed E-state index contributed by atoms with van der Waals surface area (Å²) in [6.45, 7) is -0.00936. The molecule has 0 spiro atoms. The number of benzene rings is 3. The summed E-state index contributed by atoms with van der Waals surface area (Å²) in [7, 11) is 0. The highest BCUT2D eigenvalue weighted by molar-refractivity contribution is 5.94. The molecule has 1 heterocycles. The third kappa shape index (κ3) is 5.42. The minimum atomic E-state index is -4.96. The molecule has 3 aromatic carbocycles. The van der Waals surface area contributed by atoms with Gasteiger partial charge in [0.15, 0.2) is 0 Å². The molecule has 0 bridgehead atoms. The number of ether oxygens (including phenoxy) is 1. The molecule has 1 aromatic heterocycles. The first-order valence-electron chi connectivity index (χ1n) is 10.2. The molecule has 4 rings (SSSR count). The molecule has 0 saturated carbocycles. The molecule has 0 amide bonds. The molecule has 0 unspecified atom stereocenters. The summed E-state index contributed by atoms with van der Waals surface area (Å²) in [5.41, 5.74) is -0.797. The van der Waals surface area contributed by atoms with Gasteiger partial charge in [-0.3, -0.25) is 0 Å². The van der Waals surface area contributed by atoms with E-state index in [1.54, 1.807) is 59.2 Å². The Morgan fingerprint density at radius 2 is 1.37 bits per heavy atom. The van der Waals surface area contributed by atoms with Gasteiger partial charge in [-0.25, -0.2) is 4.79 Å². The van der Waals surface area contributed by atoms with Crippen LogP contribution in [0.15, 0.2) is 72.8 Å². The maximum atomic E-state index is 13.0. The highest BCUT2D eigenvalue weighted by Crippen LogP contribution is 2.38. The minimum Gasteiger partial charge on any atom is -0.489 e. The van der Waals surface area contributed by atoms with Crippen molar-refractivity contribution in [1.82, 2.24) is 4.57 Å². The summed E-state index contributed by atoms with van der Waals surface area (Å²) >= 11 is 0. The van der Waals surface area contributed by atoms with Crippen LogP contribution in [0.25, 0.3) is 10.9 Å². The second-order valence-corrected chi connectivity index (χ2v) is 7.83. The fourth-order valence-corrected chi connectivity index (χ4v) is 3.66. The van der Waals surface area contributed by atoms with Crippen LogP contribution >= 0.6 is 0 Å². The normalized spacial score (nSPS) is 12.2. The second kappa shape index (κ2) is 9.01. The van der Waals surface area contributed by atoms with Gasteiger partial charge in [0.1, 0.15) is 18.1 Å². The Morgan fingerprint density at radius 3 is 1.94 bits per heavy atom. The van der Waals surface area contributed by atoms with Crippen LogP contribution in [0.3, 0.4) is 0 Å². The molecule has 0 radical (unpaired) electrons. The number of aromatic carboxylic acids is 1. The zero-order valence-electron chi connectivity index (χ0n) is 17.8. The van der Waals surface area contributed by atoms with E-state index in [0.717, 1.165) is 16.5 Å². The maximum Gasteiger partial charge on any atom is 0.416 e. The highest BCUT2D eigenvalue weighted by atomic mass is 19.4. The van der Waals surface area contributed by atoms with Crippen molar-refractivity contribution in [1.29, 1.82) is 0 Å². The standard InChI is InChI=1S/C25H17F6NO3/c26-24(27,28)18-10-19(25(29,30)31)12-20(11-18)35-14-16-7-5-15(6-8-16)13-32-21-4-2-1-3-17(21)9-22(32)23(33)34/h1-12H,13-14H2,(H,33,34). The number of carboxylic acid groups (broad SMARTS) is 1. The van der Waals surface area contributed by atoms with Gasteiger partial charge in [-0.15, -0.1) is 0 Å². The van der Waals surface area contributed by atoms with E-state index in [1.807, 2.05) is 0 Å². The number of fused-ring (bicyclic) bond motifs is 1. The molecule has 0 atom stereocenters. The van der Waals surface area contributed by atoms with Crippen molar-refractivity contribution in [3.05, 3.63) is 101 Å². The van der Waals surface area contributed by atoms with Gasteiger partial charge >= 0.3 is 18.3 Å². The van der Waals surface area contributed by atoms with Crippen molar-refractivity contribution in [2.75, 3.05) is 0 Å². The lowest BCUT2D eigenvalue weighted by Gasteiger charge is -2.15. The van der Waals surface area contributed by atoms with E-state index in [0.29, 0.717) is 17.7 Å². The summed E-state index contributed by atoms with van der Waals surface area (Å²) in [4.78, 5) is 11.6. The third-order valence-corrected chi connectivity index (χ3v) is 5.36. The van der Waals surface area contributed by atoms with Crippen molar-refractivity contribution in [3.8, 4) is 5.75 Å². The maximum absolute atomic E-state index is 13.0. The molecule has 0 aliphatic heterocycles. The van der Waals surface area contributed by atoms with Gasteiger partial charge in [0, 0.05) is 17.4 Å². The SMILES string of the molecule is O=C(O)c1cc2ccccc2n1Cc1ccc(COc2cc(C(F)(F)F)cc(C(F)(F)F)c2)cc1. The molecule has 0 saturated heterocycles. The lowest BCUT2D eigenvalue weighted by atomic mass is 10.1. The fraction of sp³-hybridized carbons (Fsp3) is 0.160. The Kier molecular flexibility index (Phi) is 6.23. The minimum absolute atomic E-state index is 0.0397. The molecular weight excluding hydrogens is 476 g/mol. The van der Waals surface area contributed by atoms with Crippen molar-refractivity contribution in [2.24, 2.45) is 0 Å². The van der Waals surface area contributed by atoms with Gasteiger partial charge in [0.2, 0.25) is 0 Å². The van der Waals surface area contributed by atoms with Gasteiger partial charge in [0.25, 0.3) is 0 Å². The summed E-state index contributed by atoms with van der Waals surface area (Å²) in [5.74, 6) is -1.63. The van der Waals surface area contributed by atoms with Gasteiger partial charge in [-0.1, -0.05) is 42.5 Å². The van der Waals surface area contributed by atoms with E-state index < -0.39 is 35.2 Å². The summed E-state index contributed by atoms with van der Waals surface area (Å²) in [6.07, 6.45) is -9.92. The third-order valence-electron chi connectivity index (χ3n) is 5.36. The van der Waals surface area contributed by atoms with Crippen LogP contribution in [-0.2, 0) is 25.5 Å². The van der Waals surface area contributed by atoms with E-state index in [1.165, 1.54) is 0 Å². The molecular formula is C25H17F6NO3. The predicted octanol–water partition coefficient (Wildman–Crippen LogP) is 7.00. The van der Waals surface area contributed by atoms with Gasteiger partial charge in [-0.2, -0.15) is 26.3 Å². The number of nitrogens with zero attached hydrogens (tertiary/aromatic N) is 1. The molecule has 35 heavy (non-hydrogen) atoms. The molecule has 1 N–H and O–H groups in total. The fourth-order valence-electron chi connectivity index (χ4n) is 3.66. The monoisotopic (exact) mass is 493 g/mol. The summed E-state index contributed by atoms with van der Waals surface area (Å²) < 4.78 is 85.0. The number of alkyl halides is 6. The van der Waals surface area contributed by atoms with E-state index in [4.69, 9.17) is 4.74 Å². The lowest BCUT2D eigenvalue weighted by Crippen LogP contribution is -2.11. The molecule has 182 valence electrons. The smallest absolute Gasteiger partial charge is 0.416 e. The van der Waals surface area contributed by atoms with Crippen molar-refractivity contribution in [2.45, 2.75) is 25.5 Å². The largest absolute Gasteiger partial charge is 0.489 e. The zero-order valence-corrected chi connectivity index (χ0v) is 17.8. The van der Waals surface area contributed by atoms with Crippen LogP contribution < -0.4 is 4.74 Å². The number of hydrogen-bond donors (Lipinski definition) is 1. The first kappa shape index (κ1) is 24.2. The predicted molar refractivity (Wildman–Crippen MR) is 115 cm³/mol. The van der Waals surface area contributed by atoms with Crippen molar-refractivity contribution < 1.29 is 41.0 Å². The Bertz CT molecular complexity index is 1340. The number of hydrogen-bond acceptors (Lipinski definition) is 2. The number of rotatable bonds is 6. The number of halogens is 6. The van der Waals surface area contributed by atoms with Gasteiger partial charge in [-0.05, 0) is 41.5 Å². The average molecular weight is 493 g/mol. The lowest BCUT2D eigenvalue weighted by molar-refractivity contribution is -0.143. The van der Waals surface area contributed by atoms with E-state index in [2.05, 4.69) is 0 Å². The molecule has 4 nitrogen and oxygen atoms in total. The summed E-state index contributed by atoms with van der Waals surface area (Å²) in [6, 6.07) is 16.5. The van der Waals surface area contributed by atoms with Crippen LogP contribution in [0.4, 0.5) is 26.3 Å². The van der Waals surface area contributed by atoms with Crippen LogP contribution in [0.2, 0.25) is 0 Å². The van der Waals surface area contributed by atoms with Gasteiger partial charge < -0.3 is 14.4 Å². The van der Waals surface area contributed by atoms with Crippen molar-refractivity contribution >= 4 is 16.9 Å². The van der Waals surface area contributed by atoms with Crippen LogP contribution in [0, 0.1) is 0 Å². The molecule has 0 fully saturated rings. The zero-order chi connectivity index (χ0) is 25.4. The Balaban J connectivity index is 1.52. The average Bonchev–Trinajstić information content (AvgIpc) is 3.16. The molecule has 0 aliphatic carbocycles. The van der Waals surface area contributed by atoms with Crippen LogP contribution in [0.5, 0.6) is 5.75 Å². The van der Waals surface area contributed by atoms with Crippen molar-refractivity contribution in [3.63, 3.8) is 0 Å². The van der Waals surface area contributed by atoms with E-state index in [9.17, 15) is 36.2 Å². The second-order valence-electron chi connectivity index (χ2n) is 7.83. The quantitative estimate of drug-likeness (QED) is 0.294. The van der Waals surface area contributed by atoms with E-state index in [-0.39, 0.29) is 24.9 Å². The molecule has 4 aromatic rings. The number of aromatic nitrogens is 1. The number of carboxylic acids is 1. The van der Waals surface area contributed by atoms with Crippen LogP contribution in [-0.4, -0.2) is 15.6 Å². The molecule has 10 heteroatoms.